The number of nitrogens with zero attached hydrogens (tertiary/aromatic N) is 2. The fraction of sp³-hybridized carbons (Fsp3) is 0.333. The van der Waals surface area contributed by atoms with Crippen LogP contribution in [0.2, 0.25) is 0 Å². The van der Waals surface area contributed by atoms with Crippen molar-refractivity contribution in [3.05, 3.63) is 17.5 Å². The zero-order valence-electron chi connectivity index (χ0n) is 7.79. The highest BCUT2D eigenvalue weighted by Crippen LogP contribution is 2.29. The highest BCUT2D eigenvalue weighted by molar-refractivity contribution is 5.46. The molecule has 13 heavy (non-hydrogen) atoms. The minimum Gasteiger partial charge on any atom is -0.493 e. The first-order valence-corrected chi connectivity index (χ1v) is 3.72. The van der Waals surface area contributed by atoms with E-state index in [9.17, 15) is 0 Å². The maximum absolute atomic E-state index is 8.64. The molecular formula is C9H10N2O2. The van der Waals surface area contributed by atoms with Crippen molar-refractivity contribution >= 4 is 0 Å². The van der Waals surface area contributed by atoms with Crippen LogP contribution < -0.4 is 9.47 Å². The Bertz CT molecular complexity index is 355. The lowest BCUT2D eigenvalue weighted by Gasteiger charge is -2.09. The molecule has 0 bridgehead atoms. The lowest BCUT2D eigenvalue weighted by Crippen LogP contribution is -1.97. The predicted molar refractivity (Wildman–Crippen MR) is 46.8 cm³/mol. The first kappa shape index (κ1) is 9.33. The Balaban J connectivity index is 3.31. The predicted octanol–water partition coefficient (Wildman–Crippen LogP) is 1.28. The van der Waals surface area contributed by atoms with E-state index in [4.69, 9.17) is 14.7 Å². The van der Waals surface area contributed by atoms with Gasteiger partial charge in [-0.1, -0.05) is 0 Å². The summed E-state index contributed by atoms with van der Waals surface area (Å²) in [6, 6.07) is 3.49. The molecule has 0 unspecified atom stereocenters. The maximum atomic E-state index is 8.64. The van der Waals surface area contributed by atoms with E-state index in [1.54, 1.807) is 20.1 Å². The van der Waals surface area contributed by atoms with Gasteiger partial charge in [-0.25, -0.2) is 4.98 Å². The molecule has 1 aromatic rings. The standard InChI is InChI=1S/C9H10N2O2/c1-6-9(13-3)8(12-2)4-7(5-10)11-6/h4H,1-3H3. The van der Waals surface area contributed by atoms with Gasteiger partial charge in [-0.2, -0.15) is 5.26 Å². The van der Waals surface area contributed by atoms with Crippen LogP contribution in [0.5, 0.6) is 11.5 Å². The van der Waals surface area contributed by atoms with Crippen LogP contribution in [-0.2, 0) is 0 Å². The quantitative estimate of drug-likeness (QED) is 0.684. The van der Waals surface area contributed by atoms with Crippen molar-refractivity contribution in [2.45, 2.75) is 6.92 Å². The first-order chi connectivity index (χ1) is 6.22. The molecule has 0 spiro atoms. The van der Waals surface area contributed by atoms with Crippen LogP contribution in [0.15, 0.2) is 6.07 Å². The van der Waals surface area contributed by atoms with E-state index < -0.39 is 0 Å². The summed E-state index contributed by atoms with van der Waals surface area (Å²) in [7, 11) is 3.07. The zero-order valence-corrected chi connectivity index (χ0v) is 7.79. The number of pyridine rings is 1. The number of aryl methyl sites for hydroxylation is 1. The molecule has 1 aromatic heterocycles. The van der Waals surface area contributed by atoms with E-state index in [0.29, 0.717) is 22.9 Å². The molecule has 0 amide bonds. The summed E-state index contributed by atoms with van der Waals surface area (Å²) in [5.74, 6) is 1.10. The minimum atomic E-state index is 0.329. The Hall–Kier alpha value is -1.76. The Morgan fingerprint density at radius 1 is 1.38 bits per heavy atom. The number of hydrogen-bond acceptors (Lipinski definition) is 4. The third kappa shape index (κ3) is 1.70. The fourth-order valence-electron chi connectivity index (χ4n) is 1.09. The number of methoxy groups -OCH3 is 2. The Kier molecular flexibility index (Phi) is 2.70. The molecule has 1 heterocycles. The number of rotatable bonds is 2. The second-order valence-corrected chi connectivity index (χ2v) is 2.44. The Labute approximate surface area is 76.7 Å². The molecule has 0 atom stereocenters. The topological polar surface area (TPSA) is 55.1 Å². The molecular weight excluding hydrogens is 168 g/mol. The van der Waals surface area contributed by atoms with Crippen molar-refractivity contribution in [1.29, 1.82) is 5.26 Å². The van der Waals surface area contributed by atoms with Crippen LogP contribution in [0.1, 0.15) is 11.4 Å². The number of hydrogen-bond donors (Lipinski definition) is 0. The van der Waals surface area contributed by atoms with E-state index in [1.807, 2.05) is 6.07 Å². The third-order valence-corrected chi connectivity index (χ3v) is 1.65. The molecule has 0 saturated heterocycles. The molecule has 0 saturated carbocycles. The molecule has 4 nitrogen and oxygen atoms in total. The highest BCUT2D eigenvalue weighted by Gasteiger charge is 2.09. The van der Waals surface area contributed by atoms with Gasteiger partial charge in [0.1, 0.15) is 11.8 Å². The van der Waals surface area contributed by atoms with Crippen molar-refractivity contribution in [3.63, 3.8) is 0 Å². The van der Waals surface area contributed by atoms with Gasteiger partial charge in [0.05, 0.1) is 19.9 Å². The number of ether oxygens (including phenoxy) is 2. The second-order valence-electron chi connectivity index (χ2n) is 2.44. The van der Waals surface area contributed by atoms with Crippen molar-refractivity contribution in [3.8, 4) is 17.6 Å². The second kappa shape index (κ2) is 3.76. The molecule has 1 rings (SSSR count). The fourth-order valence-corrected chi connectivity index (χ4v) is 1.09. The van der Waals surface area contributed by atoms with Gasteiger partial charge < -0.3 is 9.47 Å². The van der Waals surface area contributed by atoms with Crippen molar-refractivity contribution in [2.24, 2.45) is 0 Å². The summed E-state index contributed by atoms with van der Waals surface area (Å²) in [5, 5.41) is 8.64. The summed E-state index contributed by atoms with van der Waals surface area (Å²) in [6.45, 7) is 1.77. The Morgan fingerprint density at radius 2 is 2.08 bits per heavy atom. The van der Waals surface area contributed by atoms with Crippen LogP contribution in [0.4, 0.5) is 0 Å². The molecule has 0 aliphatic carbocycles. The van der Waals surface area contributed by atoms with Crippen LogP contribution in [0, 0.1) is 18.3 Å². The summed E-state index contributed by atoms with van der Waals surface area (Å²) in [6.07, 6.45) is 0. The molecule has 0 radical (unpaired) electrons. The number of nitriles is 1. The van der Waals surface area contributed by atoms with Crippen LogP contribution in [-0.4, -0.2) is 19.2 Å². The van der Waals surface area contributed by atoms with Gasteiger partial charge >= 0.3 is 0 Å². The van der Waals surface area contributed by atoms with Gasteiger partial charge in [0.15, 0.2) is 11.5 Å². The minimum absolute atomic E-state index is 0.329. The van der Waals surface area contributed by atoms with E-state index >= 15 is 0 Å². The summed E-state index contributed by atoms with van der Waals surface area (Å²) >= 11 is 0. The van der Waals surface area contributed by atoms with Gasteiger partial charge in [0.25, 0.3) is 0 Å². The van der Waals surface area contributed by atoms with Gasteiger partial charge in [0.2, 0.25) is 0 Å². The summed E-state index contributed by atoms with van der Waals surface area (Å²) < 4.78 is 10.1. The SMILES string of the molecule is COc1cc(C#N)nc(C)c1OC. The van der Waals surface area contributed by atoms with Gasteiger partial charge in [-0.15, -0.1) is 0 Å². The normalized spacial score (nSPS) is 9.08. The largest absolute Gasteiger partial charge is 0.493 e. The van der Waals surface area contributed by atoms with Crippen LogP contribution in [0.3, 0.4) is 0 Å². The third-order valence-electron chi connectivity index (χ3n) is 1.65. The van der Waals surface area contributed by atoms with E-state index in [2.05, 4.69) is 4.98 Å². The van der Waals surface area contributed by atoms with E-state index in [0.717, 1.165) is 0 Å². The average molecular weight is 178 g/mol. The first-order valence-electron chi connectivity index (χ1n) is 3.72. The molecule has 0 aromatic carbocycles. The van der Waals surface area contributed by atoms with Crippen LogP contribution >= 0.6 is 0 Å². The van der Waals surface area contributed by atoms with Crippen LogP contribution in [0.25, 0.3) is 0 Å². The molecule has 0 fully saturated rings. The van der Waals surface area contributed by atoms with E-state index in [-0.39, 0.29) is 0 Å². The molecule has 0 aliphatic rings. The molecule has 4 heteroatoms. The summed E-state index contributed by atoms with van der Waals surface area (Å²) in [5.41, 5.74) is 0.980. The van der Waals surface area contributed by atoms with Crippen molar-refractivity contribution in [1.82, 2.24) is 4.98 Å². The van der Waals surface area contributed by atoms with Crippen molar-refractivity contribution < 1.29 is 9.47 Å². The number of aromatic nitrogens is 1. The van der Waals surface area contributed by atoms with Gasteiger partial charge in [-0.05, 0) is 6.92 Å². The molecule has 68 valence electrons. The lowest BCUT2D eigenvalue weighted by molar-refractivity contribution is 0.350. The molecule has 0 aliphatic heterocycles. The summed E-state index contributed by atoms with van der Waals surface area (Å²) in [4.78, 5) is 4.00. The van der Waals surface area contributed by atoms with E-state index in [1.165, 1.54) is 7.11 Å². The zero-order chi connectivity index (χ0) is 9.84. The van der Waals surface area contributed by atoms with Crippen molar-refractivity contribution in [2.75, 3.05) is 14.2 Å². The smallest absolute Gasteiger partial charge is 0.182 e. The maximum Gasteiger partial charge on any atom is 0.182 e. The highest BCUT2D eigenvalue weighted by atomic mass is 16.5. The van der Waals surface area contributed by atoms with Gasteiger partial charge in [-0.3, -0.25) is 0 Å². The monoisotopic (exact) mass is 178 g/mol. The van der Waals surface area contributed by atoms with Gasteiger partial charge in [0, 0.05) is 6.07 Å². The Morgan fingerprint density at radius 3 is 2.54 bits per heavy atom. The average Bonchev–Trinajstić information content (AvgIpc) is 2.16. The molecule has 0 N–H and O–H groups in total. The lowest BCUT2D eigenvalue weighted by atomic mass is 10.3.